The van der Waals surface area contributed by atoms with Crippen molar-refractivity contribution >= 4 is 15.9 Å². The van der Waals surface area contributed by atoms with Gasteiger partial charge in [-0.3, -0.25) is 4.79 Å². The van der Waals surface area contributed by atoms with Crippen LogP contribution in [0.1, 0.15) is 64.9 Å². The summed E-state index contributed by atoms with van der Waals surface area (Å²) in [4.78, 5) is 12.4. The minimum Gasteiger partial charge on any atom is -0.481 e. The van der Waals surface area contributed by atoms with Crippen LogP contribution in [0, 0.1) is 0 Å². The Bertz CT molecular complexity index is 723. The second-order valence-electron chi connectivity index (χ2n) is 7.84. The molecule has 1 aromatic rings. The molecular formula is C21H34N2O4S. The van der Waals surface area contributed by atoms with Gasteiger partial charge in [0.25, 0.3) is 5.91 Å². The number of piperidine rings is 1. The van der Waals surface area contributed by atoms with E-state index in [2.05, 4.69) is 19.2 Å². The van der Waals surface area contributed by atoms with Crippen LogP contribution in [0.5, 0.6) is 5.75 Å². The highest BCUT2D eigenvalue weighted by Crippen LogP contribution is 2.20. The van der Waals surface area contributed by atoms with Crippen molar-refractivity contribution in [2.45, 2.75) is 71.4 Å². The topological polar surface area (TPSA) is 75.7 Å². The Kier molecular flexibility index (Phi) is 8.31. The monoisotopic (exact) mass is 410 g/mol. The Morgan fingerprint density at radius 1 is 1.18 bits per heavy atom. The summed E-state index contributed by atoms with van der Waals surface area (Å²) in [6.45, 7) is 8.90. The molecular weight excluding hydrogens is 376 g/mol. The SMILES string of the molecule is CCCCS(=O)(=O)N1CCC(NC(=O)C(C)Oc2ccc(C(C)C)cc2)CC1. The summed E-state index contributed by atoms with van der Waals surface area (Å²) in [6.07, 6.45) is 2.21. The molecule has 7 heteroatoms. The van der Waals surface area contributed by atoms with Gasteiger partial charge in [-0.05, 0) is 49.8 Å². The van der Waals surface area contributed by atoms with Crippen molar-refractivity contribution in [2.75, 3.05) is 18.8 Å². The number of hydrogen-bond donors (Lipinski definition) is 1. The average Bonchev–Trinajstić information content (AvgIpc) is 2.67. The molecule has 1 aromatic carbocycles. The third kappa shape index (κ3) is 6.48. The molecule has 1 N–H and O–H groups in total. The van der Waals surface area contributed by atoms with Gasteiger partial charge in [-0.15, -0.1) is 0 Å². The van der Waals surface area contributed by atoms with Gasteiger partial charge < -0.3 is 10.1 Å². The van der Waals surface area contributed by atoms with E-state index in [0.29, 0.717) is 44.0 Å². The molecule has 1 aliphatic heterocycles. The molecule has 1 fully saturated rings. The lowest BCUT2D eigenvalue weighted by Crippen LogP contribution is -2.49. The first-order valence-electron chi connectivity index (χ1n) is 10.3. The minimum atomic E-state index is -3.17. The molecule has 0 spiro atoms. The highest BCUT2D eigenvalue weighted by Gasteiger charge is 2.29. The lowest BCUT2D eigenvalue weighted by atomic mass is 10.0. The molecule has 1 saturated heterocycles. The van der Waals surface area contributed by atoms with Crippen molar-refractivity contribution in [2.24, 2.45) is 0 Å². The van der Waals surface area contributed by atoms with Gasteiger partial charge in [0, 0.05) is 19.1 Å². The van der Waals surface area contributed by atoms with Crippen LogP contribution in [0.4, 0.5) is 0 Å². The van der Waals surface area contributed by atoms with E-state index in [0.717, 1.165) is 6.42 Å². The summed E-state index contributed by atoms with van der Waals surface area (Å²) in [5.41, 5.74) is 1.23. The summed E-state index contributed by atoms with van der Waals surface area (Å²) in [5.74, 6) is 1.16. The van der Waals surface area contributed by atoms with E-state index in [9.17, 15) is 13.2 Å². The Morgan fingerprint density at radius 2 is 1.79 bits per heavy atom. The molecule has 1 heterocycles. The number of nitrogens with one attached hydrogen (secondary N) is 1. The maximum absolute atomic E-state index is 12.4. The second kappa shape index (κ2) is 10.3. The number of sulfonamides is 1. The number of nitrogens with zero attached hydrogens (tertiary/aromatic N) is 1. The molecule has 0 aromatic heterocycles. The van der Waals surface area contributed by atoms with Crippen LogP contribution in [0.3, 0.4) is 0 Å². The van der Waals surface area contributed by atoms with Gasteiger partial charge in [-0.1, -0.05) is 39.3 Å². The summed E-state index contributed by atoms with van der Waals surface area (Å²) < 4.78 is 31.8. The lowest BCUT2D eigenvalue weighted by molar-refractivity contribution is -0.128. The van der Waals surface area contributed by atoms with Crippen LogP contribution >= 0.6 is 0 Å². The van der Waals surface area contributed by atoms with Gasteiger partial charge in [0.15, 0.2) is 6.10 Å². The van der Waals surface area contributed by atoms with Crippen LogP contribution in [0.2, 0.25) is 0 Å². The van der Waals surface area contributed by atoms with Crippen LogP contribution in [-0.4, -0.2) is 49.6 Å². The molecule has 0 aliphatic carbocycles. The number of benzene rings is 1. The standard InChI is InChI=1S/C21H34N2O4S/c1-5-6-15-28(25,26)23-13-11-19(12-14-23)22-21(24)17(4)27-20-9-7-18(8-10-20)16(2)3/h7-10,16-17,19H,5-6,11-15H2,1-4H3,(H,22,24). The van der Waals surface area contributed by atoms with Crippen molar-refractivity contribution in [3.63, 3.8) is 0 Å². The van der Waals surface area contributed by atoms with Crippen molar-refractivity contribution < 1.29 is 17.9 Å². The van der Waals surface area contributed by atoms with Gasteiger partial charge in [0.1, 0.15) is 5.75 Å². The smallest absolute Gasteiger partial charge is 0.260 e. The highest BCUT2D eigenvalue weighted by atomic mass is 32.2. The number of amides is 1. The molecule has 2 rings (SSSR count). The third-order valence-electron chi connectivity index (χ3n) is 5.18. The van der Waals surface area contributed by atoms with E-state index in [1.807, 2.05) is 31.2 Å². The fraction of sp³-hybridized carbons (Fsp3) is 0.667. The van der Waals surface area contributed by atoms with Gasteiger partial charge in [0.05, 0.1) is 5.75 Å². The Labute approximate surface area is 169 Å². The van der Waals surface area contributed by atoms with Crippen molar-refractivity contribution in [3.8, 4) is 5.75 Å². The van der Waals surface area contributed by atoms with Gasteiger partial charge in [0.2, 0.25) is 10.0 Å². The van der Waals surface area contributed by atoms with Crippen LogP contribution < -0.4 is 10.1 Å². The first-order valence-corrected chi connectivity index (χ1v) is 11.9. The lowest BCUT2D eigenvalue weighted by Gasteiger charge is -2.32. The molecule has 1 unspecified atom stereocenters. The summed E-state index contributed by atoms with van der Waals surface area (Å²) in [5, 5.41) is 3.00. The van der Waals surface area contributed by atoms with E-state index in [1.54, 1.807) is 11.2 Å². The second-order valence-corrected chi connectivity index (χ2v) is 9.92. The van der Waals surface area contributed by atoms with Crippen LogP contribution in [-0.2, 0) is 14.8 Å². The molecule has 28 heavy (non-hydrogen) atoms. The van der Waals surface area contributed by atoms with E-state index in [1.165, 1.54) is 5.56 Å². The predicted molar refractivity (Wildman–Crippen MR) is 112 cm³/mol. The normalized spacial score (nSPS) is 17.5. The first kappa shape index (κ1) is 22.7. The van der Waals surface area contributed by atoms with Crippen molar-refractivity contribution in [1.82, 2.24) is 9.62 Å². The quantitative estimate of drug-likeness (QED) is 0.678. The zero-order chi connectivity index (χ0) is 20.7. The number of carbonyl (C=O) groups excluding carboxylic acids is 1. The fourth-order valence-electron chi connectivity index (χ4n) is 3.24. The van der Waals surface area contributed by atoms with E-state index in [4.69, 9.17) is 4.74 Å². The van der Waals surface area contributed by atoms with Crippen molar-refractivity contribution in [3.05, 3.63) is 29.8 Å². The van der Waals surface area contributed by atoms with Crippen molar-refractivity contribution in [1.29, 1.82) is 0 Å². The van der Waals surface area contributed by atoms with Gasteiger partial charge in [-0.2, -0.15) is 0 Å². The highest BCUT2D eigenvalue weighted by molar-refractivity contribution is 7.89. The third-order valence-corrected chi connectivity index (χ3v) is 7.13. The number of unbranched alkanes of at least 4 members (excludes halogenated alkanes) is 1. The molecule has 0 bridgehead atoms. The van der Waals surface area contributed by atoms with Crippen LogP contribution in [0.15, 0.2) is 24.3 Å². The zero-order valence-corrected chi connectivity index (χ0v) is 18.3. The molecule has 158 valence electrons. The average molecular weight is 411 g/mol. The predicted octanol–water partition coefficient (Wildman–Crippen LogP) is 3.29. The summed E-state index contributed by atoms with van der Waals surface area (Å²) in [6, 6.07) is 7.79. The largest absolute Gasteiger partial charge is 0.481 e. The van der Waals surface area contributed by atoms with E-state index >= 15 is 0 Å². The Hall–Kier alpha value is -1.60. The van der Waals surface area contributed by atoms with Crippen LogP contribution in [0.25, 0.3) is 0 Å². The number of hydrogen-bond acceptors (Lipinski definition) is 4. The first-order chi connectivity index (χ1) is 13.2. The Morgan fingerprint density at radius 3 is 2.32 bits per heavy atom. The minimum absolute atomic E-state index is 0.0144. The Balaban J connectivity index is 1.80. The number of ether oxygens (including phenoxy) is 1. The number of rotatable bonds is 9. The molecule has 6 nitrogen and oxygen atoms in total. The summed E-state index contributed by atoms with van der Waals surface area (Å²) in [7, 11) is -3.17. The molecule has 0 radical (unpaired) electrons. The van der Waals surface area contributed by atoms with E-state index in [-0.39, 0.29) is 17.7 Å². The maximum Gasteiger partial charge on any atom is 0.260 e. The number of carbonyl (C=O) groups is 1. The fourth-order valence-corrected chi connectivity index (χ4v) is 4.92. The molecule has 1 aliphatic rings. The van der Waals surface area contributed by atoms with Gasteiger partial charge in [-0.25, -0.2) is 12.7 Å². The summed E-state index contributed by atoms with van der Waals surface area (Å²) >= 11 is 0. The molecule has 1 amide bonds. The van der Waals surface area contributed by atoms with E-state index < -0.39 is 16.1 Å². The molecule has 1 atom stereocenters. The van der Waals surface area contributed by atoms with Gasteiger partial charge >= 0.3 is 0 Å². The zero-order valence-electron chi connectivity index (χ0n) is 17.5. The maximum atomic E-state index is 12.4. The molecule has 0 saturated carbocycles.